The number of Topliss-reactive ketones (excluding diaryl/α,β-unsaturated/α-hetero) is 1. The number of carbonyl (C=O) groups is 2. The van der Waals surface area contributed by atoms with E-state index in [-0.39, 0.29) is 11.6 Å². The number of ketones is 1. The first kappa shape index (κ1) is 13.5. The van der Waals surface area contributed by atoms with Gasteiger partial charge in [-0.1, -0.05) is 13.8 Å². The van der Waals surface area contributed by atoms with E-state index in [1.54, 1.807) is 7.05 Å². The summed E-state index contributed by atoms with van der Waals surface area (Å²) in [6, 6.07) is 2.79. The highest BCUT2D eigenvalue weighted by Crippen LogP contribution is 2.32. The zero-order chi connectivity index (χ0) is 14.3. The average Bonchev–Trinajstić information content (AvgIpc) is 2.62. The molecule has 1 aromatic rings. The number of amides is 1. The summed E-state index contributed by atoms with van der Waals surface area (Å²) < 4.78 is 14.1. The van der Waals surface area contributed by atoms with Crippen molar-refractivity contribution >= 4 is 23.1 Å². The largest absolute Gasteiger partial charge is 0.369 e. The van der Waals surface area contributed by atoms with Crippen molar-refractivity contribution in [2.24, 2.45) is 5.92 Å². The summed E-state index contributed by atoms with van der Waals surface area (Å²) in [5.74, 6) is -1.52. The van der Waals surface area contributed by atoms with Crippen LogP contribution in [0, 0.1) is 11.7 Å². The smallest absolute Gasteiger partial charge is 0.296 e. The van der Waals surface area contributed by atoms with Gasteiger partial charge in [-0.3, -0.25) is 9.59 Å². The van der Waals surface area contributed by atoms with Gasteiger partial charge in [0.25, 0.3) is 11.7 Å². The van der Waals surface area contributed by atoms with Crippen molar-refractivity contribution in [2.75, 3.05) is 17.3 Å². The molecule has 0 bridgehead atoms. The van der Waals surface area contributed by atoms with E-state index in [1.165, 1.54) is 6.07 Å². The van der Waals surface area contributed by atoms with E-state index in [9.17, 15) is 14.0 Å². The summed E-state index contributed by atoms with van der Waals surface area (Å²) in [4.78, 5) is 24.6. The van der Waals surface area contributed by atoms with Crippen LogP contribution in [0.25, 0.3) is 0 Å². The second-order valence-electron chi connectivity index (χ2n) is 5.23. The lowest BCUT2D eigenvalue weighted by Gasteiger charge is -2.30. The third-order valence-corrected chi connectivity index (χ3v) is 3.74. The molecule has 0 radical (unpaired) electrons. The standard InChI is InChI=1S/C14H17FN2O2/c1-7(2)8(3)17(4)12-6-11-9(5-10(12)15)13(18)14(19)16-11/h5-8H,1-4H3,(H,16,18,19). The zero-order valence-corrected chi connectivity index (χ0v) is 11.5. The fourth-order valence-corrected chi connectivity index (χ4v) is 2.09. The summed E-state index contributed by atoms with van der Waals surface area (Å²) in [7, 11) is 1.80. The predicted molar refractivity (Wildman–Crippen MR) is 72.1 cm³/mol. The molecule has 0 aromatic heterocycles. The Morgan fingerprint density at radius 1 is 1.21 bits per heavy atom. The lowest BCUT2D eigenvalue weighted by Crippen LogP contribution is -2.33. The van der Waals surface area contributed by atoms with Crippen LogP contribution in [-0.2, 0) is 4.79 Å². The molecule has 0 saturated carbocycles. The Labute approximate surface area is 111 Å². The molecule has 2 rings (SSSR count). The maximum absolute atomic E-state index is 14.1. The van der Waals surface area contributed by atoms with Gasteiger partial charge in [-0.2, -0.15) is 0 Å². The number of halogens is 1. The highest BCUT2D eigenvalue weighted by molar-refractivity contribution is 6.51. The highest BCUT2D eigenvalue weighted by atomic mass is 19.1. The summed E-state index contributed by atoms with van der Waals surface area (Å²) in [6.07, 6.45) is 0. The van der Waals surface area contributed by atoms with Gasteiger partial charge in [-0.25, -0.2) is 4.39 Å². The summed E-state index contributed by atoms with van der Waals surface area (Å²) in [6.45, 7) is 6.11. The Morgan fingerprint density at radius 2 is 1.84 bits per heavy atom. The van der Waals surface area contributed by atoms with Gasteiger partial charge in [0.1, 0.15) is 5.82 Å². The van der Waals surface area contributed by atoms with Crippen molar-refractivity contribution in [2.45, 2.75) is 26.8 Å². The second-order valence-corrected chi connectivity index (χ2v) is 5.23. The zero-order valence-electron chi connectivity index (χ0n) is 11.5. The van der Waals surface area contributed by atoms with Crippen LogP contribution < -0.4 is 10.2 Å². The molecule has 0 saturated heterocycles. The molecule has 1 unspecified atom stereocenters. The van der Waals surface area contributed by atoms with Crippen molar-refractivity contribution in [3.8, 4) is 0 Å². The molecule has 1 aromatic carbocycles. The van der Waals surface area contributed by atoms with E-state index in [1.807, 2.05) is 11.8 Å². The molecule has 0 fully saturated rings. The lowest BCUT2D eigenvalue weighted by atomic mass is 10.0. The van der Waals surface area contributed by atoms with Gasteiger partial charge in [-0.05, 0) is 25.0 Å². The first-order valence-corrected chi connectivity index (χ1v) is 6.25. The van der Waals surface area contributed by atoms with Gasteiger partial charge in [-0.15, -0.1) is 0 Å². The van der Waals surface area contributed by atoms with Gasteiger partial charge >= 0.3 is 0 Å². The fourth-order valence-electron chi connectivity index (χ4n) is 2.09. The van der Waals surface area contributed by atoms with Crippen LogP contribution in [0.5, 0.6) is 0 Å². The van der Waals surface area contributed by atoms with Gasteiger partial charge in [0.05, 0.1) is 16.9 Å². The third-order valence-electron chi connectivity index (χ3n) is 3.74. The molecule has 1 N–H and O–H groups in total. The van der Waals surface area contributed by atoms with Crippen LogP contribution in [0.15, 0.2) is 12.1 Å². The number of benzene rings is 1. The molecule has 1 amide bonds. The van der Waals surface area contributed by atoms with Crippen molar-refractivity contribution in [3.05, 3.63) is 23.5 Å². The Bertz CT molecular complexity index is 555. The van der Waals surface area contributed by atoms with E-state index in [0.29, 0.717) is 17.3 Å². The van der Waals surface area contributed by atoms with E-state index in [2.05, 4.69) is 19.2 Å². The number of hydrogen-bond donors (Lipinski definition) is 1. The van der Waals surface area contributed by atoms with Crippen LogP contribution >= 0.6 is 0 Å². The topological polar surface area (TPSA) is 49.4 Å². The minimum absolute atomic E-state index is 0.108. The van der Waals surface area contributed by atoms with Gasteiger partial charge in [0, 0.05) is 13.1 Å². The molecule has 5 heteroatoms. The fraction of sp³-hybridized carbons (Fsp3) is 0.429. The van der Waals surface area contributed by atoms with Gasteiger partial charge < -0.3 is 10.2 Å². The van der Waals surface area contributed by atoms with Crippen LogP contribution in [0.1, 0.15) is 31.1 Å². The van der Waals surface area contributed by atoms with Gasteiger partial charge in [0.2, 0.25) is 0 Å². The normalized spacial score (nSPS) is 15.5. The molecule has 102 valence electrons. The number of nitrogens with zero attached hydrogens (tertiary/aromatic N) is 1. The molecule has 4 nitrogen and oxygen atoms in total. The molecule has 1 heterocycles. The monoisotopic (exact) mass is 264 g/mol. The first-order valence-electron chi connectivity index (χ1n) is 6.25. The maximum Gasteiger partial charge on any atom is 0.296 e. The molecule has 1 atom stereocenters. The molecule has 0 aliphatic carbocycles. The van der Waals surface area contributed by atoms with Crippen molar-refractivity contribution < 1.29 is 14.0 Å². The van der Waals surface area contributed by atoms with E-state index >= 15 is 0 Å². The Kier molecular flexibility index (Phi) is 3.30. The first-order chi connectivity index (χ1) is 8.82. The predicted octanol–water partition coefficient (Wildman–Crippen LogP) is 2.44. The van der Waals surface area contributed by atoms with E-state index < -0.39 is 17.5 Å². The molecular weight excluding hydrogens is 247 g/mol. The highest BCUT2D eigenvalue weighted by Gasteiger charge is 2.30. The van der Waals surface area contributed by atoms with Crippen LogP contribution in [0.3, 0.4) is 0 Å². The van der Waals surface area contributed by atoms with Crippen molar-refractivity contribution in [1.82, 2.24) is 0 Å². The average molecular weight is 264 g/mol. The SMILES string of the molecule is CC(C)C(C)N(C)c1cc2c(cc1F)C(=O)C(=O)N2. The Morgan fingerprint density at radius 3 is 2.42 bits per heavy atom. The van der Waals surface area contributed by atoms with Gasteiger partial charge in [0.15, 0.2) is 0 Å². The van der Waals surface area contributed by atoms with E-state index in [4.69, 9.17) is 0 Å². The number of hydrogen-bond acceptors (Lipinski definition) is 3. The quantitative estimate of drug-likeness (QED) is 0.853. The summed E-state index contributed by atoms with van der Waals surface area (Å²) in [5.41, 5.74) is 0.876. The maximum atomic E-state index is 14.1. The summed E-state index contributed by atoms with van der Waals surface area (Å²) in [5, 5.41) is 2.46. The minimum Gasteiger partial charge on any atom is -0.369 e. The molecular formula is C14H17FN2O2. The molecule has 1 aliphatic rings. The number of nitrogens with one attached hydrogen (secondary N) is 1. The second kappa shape index (κ2) is 4.64. The molecule has 19 heavy (non-hydrogen) atoms. The van der Waals surface area contributed by atoms with E-state index in [0.717, 1.165) is 6.07 Å². The van der Waals surface area contributed by atoms with Crippen molar-refractivity contribution in [3.63, 3.8) is 0 Å². The Balaban J connectivity index is 2.42. The number of carbonyl (C=O) groups excluding carboxylic acids is 2. The summed E-state index contributed by atoms with van der Waals surface area (Å²) >= 11 is 0. The third kappa shape index (κ3) is 2.20. The number of rotatable bonds is 3. The molecule has 0 spiro atoms. The Hall–Kier alpha value is -1.91. The van der Waals surface area contributed by atoms with Crippen molar-refractivity contribution in [1.29, 1.82) is 0 Å². The van der Waals surface area contributed by atoms with Crippen LogP contribution in [0.4, 0.5) is 15.8 Å². The van der Waals surface area contributed by atoms with Crippen LogP contribution in [0.2, 0.25) is 0 Å². The van der Waals surface area contributed by atoms with Crippen LogP contribution in [-0.4, -0.2) is 24.8 Å². The minimum atomic E-state index is -0.703. The number of fused-ring (bicyclic) bond motifs is 1. The lowest BCUT2D eigenvalue weighted by molar-refractivity contribution is -0.112. The molecule has 1 aliphatic heterocycles. The number of anilines is 2.